The third kappa shape index (κ3) is 3.00. The molecule has 0 saturated heterocycles. The van der Waals surface area contributed by atoms with Crippen LogP contribution >= 0.6 is 0 Å². The maximum absolute atomic E-state index is 11.7. The highest BCUT2D eigenvalue weighted by atomic mass is 16.5. The van der Waals surface area contributed by atoms with Crippen molar-refractivity contribution in [2.75, 3.05) is 18.9 Å². The highest BCUT2D eigenvalue weighted by molar-refractivity contribution is 5.89. The molecular weight excluding hydrogens is 208 g/mol. The number of anilines is 1. The topological polar surface area (TPSA) is 77.5 Å². The van der Waals surface area contributed by atoms with Crippen LogP contribution in [0.5, 0.6) is 0 Å². The summed E-state index contributed by atoms with van der Waals surface area (Å²) in [6.45, 7) is 4.61. The summed E-state index contributed by atoms with van der Waals surface area (Å²) in [4.78, 5) is 11.7. The first kappa shape index (κ1) is 12.6. The van der Waals surface area contributed by atoms with Gasteiger partial charge in [-0.2, -0.15) is 0 Å². The third-order valence-electron chi connectivity index (χ3n) is 2.28. The average Bonchev–Trinajstić information content (AvgIpc) is 2.66. The highest BCUT2D eigenvalue weighted by Crippen LogP contribution is 2.12. The summed E-state index contributed by atoms with van der Waals surface area (Å²) < 4.78 is 6.80. The van der Waals surface area contributed by atoms with Crippen molar-refractivity contribution in [2.24, 2.45) is 5.92 Å². The molecular formula is C11H18N2O3. The zero-order chi connectivity index (χ0) is 12.1. The number of nitrogen functional groups attached to an aromatic ring is 1. The molecule has 3 N–H and O–H groups in total. The Hall–Kier alpha value is -1.49. The van der Waals surface area contributed by atoms with E-state index in [9.17, 15) is 4.79 Å². The van der Waals surface area contributed by atoms with Crippen molar-refractivity contribution in [3.8, 4) is 0 Å². The molecule has 90 valence electrons. The van der Waals surface area contributed by atoms with Gasteiger partial charge in [0.1, 0.15) is 5.69 Å². The van der Waals surface area contributed by atoms with E-state index in [0.717, 1.165) is 0 Å². The first-order chi connectivity index (χ1) is 7.58. The molecule has 0 saturated carbocycles. The lowest BCUT2D eigenvalue weighted by Gasteiger charge is -2.10. The quantitative estimate of drug-likeness (QED) is 0.730. The van der Waals surface area contributed by atoms with Gasteiger partial charge in [0.05, 0.1) is 12.3 Å². The SMILES string of the molecule is CCn1cc(N)cc1C(=O)OCC(C)CO. The largest absolute Gasteiger partial charge is 0.461 e. The number of nitrogens with two attached hydrogens (primary N) is 1. The lowest BCUT2D eigenvalue weighted by atomic mass is 10.2. The predicted molar refractivity (Wildman–Crippen MR) is 61.1 cm³/mol. The van der Waals surface area contributed by atoms with Gasteiger partial charge in [-0.1, -0.05) is 6.92 Å². The number of ether oxygens (including phenoxy) is 1. The molecule has 5 nitrogen and oxygen atoms in total. The number of rotatable bonds is 5. The number of carbonyl (C=O) groups excluding carboxylic acids is 1. The number of hydrogen-bond acceptors (Lipinski definition) is 4. The second-order valence-electron chi connectivity index (χ2n) is 3.83. The van der Waals surface area contributed by atoms with Gasteiger partial charge < -0.3 is 20.1 Å². The molecule has 1 aromatic rings. The molecule has 5 heteroatoms. The Kier molecular flexibility index (Phi) is 4.37. The standard InChI is InChI=1S/C11H18N2O3/c1-3-13-5-9(12)4-10(13)11(15)16-7-8(2)6-14/h4-5,8,14H,3,6-7,12H2,1-2H3. The van der Waals surface area contributed by atoms with E-state index in [2.05, 4.69) is 0 Å². The lowest BCUT2D eigenvalue weighted by molar-refractivity contribution is 0.0393. The van der Waals surface area contributed by atoms with Crippen LogP contribution in [0.2, 0.25) is 0 Å². The van der Waals surface area contributed by atoms with Crippen LogP contribution in [-0.2, 0) is 11.3 Å². The Balaban J connectivity index is 2.65. The predicted octanol–water partition coefficient (Wildman–Crippen LogP) is 0.875. The van der Waals surface area contributed by atoms with Crippen molar-refractivity contribution in [1.82, 2.24) is 4.57 Å². The Labute approximate surface area is 94.8 Å². The van der Waals surface area contributed by atoms with Gasteiger partial charge in [0.2, 0.25) is 0 Å². The molecule has 1 rings (SSSR count). The van der Waals surface area contributed by atoms with Gasteiger partial charge in [-0.05, 0) is 13.0 Å². The summed E-state index contributed by atoms with van der Waals surface area (Å²) in [6.07, 6.45) is 1.70. The number of hydrogen-bond donors (Lipinski definition) is 2. The van der Waals surface area contributed by atoms with E-state index in [1.807, 2.05) is 6.92 Å². The smallest absolute Gasteiger partial charge is 0.355 e. The maximum atomic E-state index is 11.7. The molecule has 0 amide bonds. The van der Waals surface area contributed by atoms with Crippen LogP contribution in [0.1, 0.15) is 24.3 Å². The van der Waals surface area contributed by atoms with E-state index in [-0.39, 0.29) is 19.1 Å². The fourth-order valence-corrected chi connectivity index (χ4v) is 1.31. The highest BCUT2D eigenvalue weighted by Gasteiger charge is 2.14. The van der Waals surface area contributed by atoms with Gasteiger partial charge in [-0.3, -0.25) is 0 Å². The molecule has 1 aromatic heterocycles. The van der Waals surface area contributed by atoms with Crippen molar-refractivity contribution >= 4 is 11.7 Å². The zero-order valence-corrected chi connectivity index (χ0v) is 9.64. The van der Waals surface area contributed by atoms with Crippen LogP contribution in [0.15, 0.2) is 12.3 Å². The van der Waals surface area contributed by atoms with Crippen molar-refractivity contribution in [2.45, 2.75) is 20.4 Å². The van der Waals surface area contributed by atoms with Crippen LogP contribution in [-0.4, -0.2) is 28.9 Å². The fourth-order valence-electron chi connectivity index (χ4n) is 1.31. The van der Waals surface area contributed by atoms with E-state index in [1.54, 1.807) is 23.8 Å². The Morgan fingerprint density at radius 1 is 1.69 bits per heavy atom. The van der Waals surface area contributed by atoms with Gasteiger partial charge in [0.15, 0.2) is 0 Å². The zero-order valence-electron chi connectivity index (χ0n) is 9.64. The first-order valence-corrected chi connectivity index (χ1v) is 5.32. The average molecular weight is 226 g/mol. The number of carbonyl (C=O) groups is 1. The van der Waals surface area contributed by atoms with Crippen molar-refractivity contribution in [3.63, 3.8) is 0 Å². The normalized spacial score (nSPS) is 12.4. The molecule has 1 heterocycles. The second-order valence-corrected chi connectivity index (χ2v) is 3.83. The van der Waals surface area contributed by atoms with Gasteiger partial charge >= 0.3 is 5.97 Å². The summed E-state index contributed by atoms with van der Waals surface area (Å²) in [5.74, 6) is -0.454. The fraction of sp³-hybridized carbons (Fsp3) is 0.545. The molecule has 0 spiro atoms. The molecule has 16 heavy (non-hydrogen) atoms. The first-order valence-electron chi connectivity index (χ1n) is 5.32. The van der Waals surface area contributed by atoms with E-state index >= 15 is 0 Å². The van der Waals surface area contributed by atoms with Crippen LogP contribution in [0.4, 0.5) is 5.69 Å². The minimum Gasteiger partial charge on any atom is -0.461 e. The molecule has 0 fully saturated rings. The van der Waals surface area contributed by atoms with E-state index in [0.29, 0.717) is 17.9 Å². The summed E-state index contributed by atoms with van der Waals surface area (Å²) in [6, 6.07) is 1.59. The van der Waals surface area contributed by atoms with Crippen LogP contribution < -0.4 is 5.73 Å². The Morgan fingerprint density at radius 2 is 2.38 bits per heavy atom. The summed E-state index contributed by atoms with van der Waals surface area (Å²) in [7, 11) is 0. The molecule has 0 aliphatic heterocycles. The summed E-state index contributed by atoms with van der Waals surface area (Å²) in [5, 5.41) is 8.81. The van der Waals surface area contributed by atoms with E-state index < -0.39 is 5.97 Å². The second kappa shape index (κ2) is 5.55. The molecule has 0 aliphatic rings. The molecule has 0 bridgehead atoms. The molecule has 0 aromatic carbocycles. The Bertz CT molecular complexity index is 360. The van der Waals surface area contributed by atoms with Crippen LogP contribution in [0.25, 0.3) is 0 Å². The monoisotopic (exact) mass is 226 g/mol. The summed E-state index contributed by atoms with van der Waals surface area (Å²) >= 11 is 0. The number of nitrogens with zero attached hydrogens (tertiary/aromatic N) is 1. The molecule has 1 unspecified atom stereocenters. The van der Waals surface area contributed by atoms with Crippen molar-refractivity contribution < 1.29 is 14.6 Å². The Morgan fingerprint density at radius 3 is 2.94 bits per heavy atom. The van der Waals surface area contributed by atoms with Gasteiger partial charge in [-0.25, -0.2) is 4.79 Å². The van der Waals surface area contributed by atoms with Crippen molar-refractivity contribution in [1.29, 1.82) is 0 Å². The van der Waals surface area contributed by atoms with Gasteiger partial charge in [0, 0.05) is 25.3 Å². The third-order valence-corrected chi connectivity index (χ3v) is 2.28. The maximum Gasteiger partial charge on any atom is 0.355 e. The molecule has 0 radical (unpaired) electrons. The lowest BCUT2D eigenvalue weighted by Crippen LogP contribution is -2.17. The minimum absolute atomic E-state index is 0.00418. The van der Waals surface area contributed by atoms with Crippen LogP contribution in [0, 0.1) is 5.92 Å². The number of aromatic nitrogens is 1. The minimum atomic E-state index is -0.404. The van der Waals surface area contributed by atoms with Crippen molar-refractivity contribution in [3.05, 3.63) is 18.0 Å². The number of aryl methyl sites for hydroxylation is 1. The van der Waals surface area contributed by atoms with Gasteiger partial charge in [-0.15, -0.1) is 0 Å². The number of aliphatic hydroxyl groups is 1. The van der Waals surface area contributed by atoms with Crippen LogP contribution in [0.3, 0.4) is 0 Å². The molecule has 1 atom stereocenters. The van der Waals surface area contributed by atoms with E-state index in [1.165, 1.54) is 0 Å². The van der Waals surface area contributed by atoms with Gasteiger partial charge in [0.25, 0.3) is 0 Å². The number of esters is 1. The number of aliphatic hydroxyl groups excluding tert-OH is 1. The molecule has 0 aliphatic carbocycles. The van der Waals surface area contributed by atoms with E-state index in [4.69, 9.17) is 15.6 Å². The summed E-state index contributed by atoms with van der Waals surface area (Å²) in [5.41, 5.74) is 6.60.